The molecule has 92 valence electrons. The van der Waals surface area contributed by atoms with Gasteiger partial charge in [-0.1, -0.05) is 35.9 Å². The zero-order valence-electron chi connectivity index (χ0n) is 9.95. The average Bonchev–Trinajstić information content (AvgIpc) is 2.32. The average molecular weight is 253 g/mol. The molecule has 1 aromatic carbocycles. The van der Waals surface area contributed by atoms with Crippen molar-refractivity contribution < 1.29 is 4.79 Å². The molecule has 1 N–H and O–H groups in total. The summed E-state index contributed by atoms with van der Waals surface area (Å²) in [6.07, 6.45) is 1.72. The third kappa shape index (κ3) is 4.59. The Morgan fingerprint density at radius 1 is 1.53 bits per heavy atom. The number of nitrogens with one attached hydrogen (secondary N) is 1. The molecule has 0 heterocycles. The lowest BCUT2D eigenvalue weighted by Crippen LogP contribution is -2.35. The van der Waals surface area contributed by atoms with Gasteiger partial charge in [0.05, 0.1) is 6.54 Å². The van der Waals surface area contributed by atoms with Gasteiger partial charge >= 0.3 is 0 Å². The van der Waals surface area contributed by atoms with Crippen molar-refractivity contribution in [3.63, 3.8) is 0 Å². The van der Waals surface area contributed by atoms with Gasteiger partial charge in [-0.3, -0.25) is 4.79 Å². The van der Waals surface area contributed by atoms with Crippen LogP contribution in [-0.4, -0.2) is 30.9 Å². The molecule has 0 radical (unpaired) electrons. The molecule has 0 atom stereocenters. The minimum Gasteiger partial charge on any atom is -0.340 e. The first kappa shape index (κ1) is 13.7. The van der Waals surface area contributed by atoms with Gasteiger partial charge in [-0.2, -0.15) is 0 Å². The standard InChI is InChI=1S/C13H17ClN2O/c1-3-8-15-9-13(17)16(2)10-11-6-4-5-7-12(11)14/h3-7,15H,1,8-10H2,2H3. The van der Waals surface area contributed by atoms with Gasteiger partial charge in [-0.15, -0.1) is 6.58 Å². The molecule has 17 heavy (non-hydrogen) atoms. The van der Waals surface area contributed by atoms with E-state index in [2.05, 4.69) is 11.9 Å². The first-order valence-corrected chi connectivity index (χ1v) is 5.82. The molecule has 1 rings (SSSR count). The largest absolute Gasteiger partial charge is 0.340 e. The highest BCUT2D eigenvalue weighted by atomic mass is 35.5. The number of halogens is 1. The summed E-state index contributed by atoms with van der Waals surface area (Å²) in [7, 11) is 1.77. The van der Waals surface area contributed by atoms with Crippen LogP contribution in [0.3, 0.4) is 0 Å². The molecule has 3 nitrogen and oxygen atoms in total. The number of hydrogen-bond donors (Lipinski definition) is 1. The van der Waals surface area contributed by atoms with Crippen LogP contribution in [0.4, 0.5) is 0 Å². The number of rotatable bonds is 6. The predicted molar refractivity (Wildman–Crippen MR) is 71.0 cm³/mol. The van der Waals surface area contributed by atoms with Crippen molar-refractivity contribution in [2.24, 2.45) is 0 Å². The van der Waals surface area contributed by atoms with Gasteiger partial charge < -0.3 is 10.2 Å². The fourth-order valence-corrected chi connectivity index (χ4v) is 1.58. The minimum absolute atomic E-state index is 0.0340. The quantitative estimate of drug-likeness (QED) is 0.621. The molecule has 0 aliphatic rings. The van der Waals surface area contributed by atoms with Crippen LogP contribution in [0.2, 0.25) is 5.02 Å². The smallest absolute Gasteiger partial charge is 0.236 e. The number of carbonyl (C=O) groups is 1. The van der Waals surface area contributed by atoms with E-state index in [1.807, 2.05) is 24.3 Å². The van der Waals surface area contributed by atoms with Crippen molar-refractivity contribution in [1.82, 2.24) is 10.2 Å². The number of likely N-dealkylation sites (N-methyl/N-ethyl adjacent to an activating group) is 1. The fourth-order valence-electron chi connectivity index (χ4n) is 1.39. The Morgan fingerprint density at radius 3 is 2.88 bits per heavy atom. The molecular formula is C13H17ClN2O. The monoisotopic (exact) mass is 252 g/mol. The third-order valence-electron chi connectivity index (χ3n) is 2.36. The molecular weight excluding hydrogens is 236 g/mol. The summed E-state index contributed by atoms with van der Waals surface area (Å²) in [5.74, 6) is 0.0340. The van der Waals surface area contributed by atoms with Crippen LogP contribution < -0.4 is 5.32 Å². The Balaban J connectivity index is 2.48. The maximum absolute atomic E-state index is 11.7. The molecule has 0 saturated carbocycles. The van der Waals surface area contributed by atoms with Gasteiger partial charge in [0.25, 0.3) is 0 Å². The number of carbonyl (C=O) groups excluding carboxylic acids is 1. The highest BCUT2D eigenvalue weighted by Gasteiger charge is 2.09. The molecule has 0 fully saturated rings. The van der Waals surface area contributed by atoms with E-state index in [0.717, 1.165) is 5.56 Å². The van der Waals surface area contributed by atoms with Crippen LogP contribution in [0.5, 0.6) is 0 Å². The van der Waals surface area contributed by atoms with Gasteiger partial charge in [0.2, 0.25) is 5.91 Å². The summed E-state index contributed by atoms with van der Waals surface area (Å²) in [5.41, 5.74) is 0.953. The first-order valence-electron chi connectivity index (χ1n) is 5.44. The number of amides is 1. The Bertz CT molecular complexity index is 393. The van der Waals surface area contributed by atoms with E-state index in [1.54, 1.807) is 18.0 Å². The van der Waals surface area contributed by atoms with Crippen molar-refractivity contribution in [2.45, 2.75) is 6.54 Å². The number of hydrogen-bond acceptors (Lipinski definition) is 2. The summed E-state index contributed by atoms with van der Waals surface area (Å²) >= 11 is 6.03. The second kappa shape index (κ2) is 7.09. The normalized spacial score (nSPS) is 10.0. The molecule has 0 spiro atoms. The summed E-state index contributed by atoms with van der Waals surface area (Å²) in [4.78, 5) is 13.4. The van der Waals surface area contributed by atoms with Gasteiger partial charge in [0.1, 0.15) is 0 Å². The van der Waals surface area contributed by atoms with Crippen LogP contribution >= 0.6 is 11.6 Å². The molecule has 0 aliphatic carbocycles. The van der Waals surface area contributed by atoms with E-state index in [1.165, 1.54) is 0 Å². The van der Waals surface area contributed by atoms with E-state index < -0.39 is 0 Å². The van der Waals surface area contributed by atoms with Crippen LogP contribution in [0.15, 0.2) is 36.9 Å². The maximum Gasteiger partial charge on any atom is 0.236 e. The third-order valence-corrected chi connectivity index (χ3v) is 2.72. The van der Waals surface area contributed by atoms with Crippen LogP contribution in [0.25, 0.3) is 0 Å². The van der Waals surface area contributed by atoms with E-state index in [4.69, 9.17) is 11.6 Å². The van der Waals surface area contributed by atoms with E-state index in [0.29, 0.717) is 24.7 Å². The van der Waals surface area contributed by atoms with E-state index in [9.17, 15) is 4.79 Å². The molecule has 0 bridgehead atoms. The Labute approximate surface area is 107 Å². The lowest BCUT2D eigenvalue weighted by molar-refractivity contribution is -0.129. The van der Waals surface area contributed by atoms with Crippen molar-refractivity contribution >= 4 is 17.5 Å². The Morgan fingerprint density at radius 2 is 2.24 bits per heavy atom. The molecule has 0 aliphatic heterocycles. The van der Waals surface area contributed by atoms with Crippen LogP contribution in [-0.2, 0) is 11.3 Å². The summed E-state index contributed by atoms with van der Waals surface area (Å²) in [5, 5.41) is 3.66. The zero-order valence-corrected chi connectivity index (χ0v) is 10.7. The van der Waals surface area contributed by atoms with Gasteiger partial charge in [0.15, 0.2) is 0 Å². The highest BCUT2D eigenvalue weighted by Crippen LogP contribution is 2.16. The maximum atomic E-state index is 11.7. The Kier molecular flexibility index (Phi) is 5.73. The van der Waals surface area contributed by atoms with E-state index >= 15 is 0 Å². The van der Waals surface area contributed by atoms with Gasteiger partial charge in [0, 0.05) is 25.2 Å². The molecule has 0 saturated heterocycles. The second-order valence-electron chi connectivity index (χ2n) is 3.76. The molecule has 0 aromatic heterocycles. The van der Waals surface area contributed by atoms with E-state index in [-0.39, 0.29) is 5.91 Å². The second-order valence-corrected chi connectivity index (χ2v) is 4.17. The number of benzene rings is 1. The number of nitrogens with zero attached hydrogens (tertiary/aromatic N) is 1. The highest BCUT2D eigenvalue weighted by molar-refractivity contribution is 6.31. The fraction of sp³-hybridized carbons (Fsp3) is 0.308. The lowest BCUT2D eigenvalue weighted by atomic mass is 10.2. The predicted octanol–water partition coefficient (Wildman–Crippen LogP) is 2.07. The summed E-state index contributed by atoms with van der Waals surface area (Å²) in [6.45, 7) is 5.04. The lowest BCUT2D eigenvalue weighted by Gasteiger charge is -2.18. The Hall–Kier alpha value is -1.32. The zero-order chi connectivity index (χ0) is 12.7. The summed E-state index contributed by atoms with van der Waals surface area (Å²) < 4.78 is 0. The molecule has 0 unspecified atom stereocenters. The van der Waals surface area contributed by atoms with Gasteiger partial charge in [-0.25, -0.2) is 0 Å². The first-order chi connectivity index (χ1) is 8.15. The van der Waals surface area contributed by atoms with Crippen molar-refractivity contribution in [1.29, 1.82) is 0 Å². The van der Waals surface area contributed by atoms with Crippen LogP contribution in [0.1, 0.15) is 5.56 Å². The minimum atomic E-state index is 0.0340. The molecule has 4 heteroatoms. The van der Waals surface area contributed by atoms with Crippen molar-refractivity contribution in [3.05, 3.63) is 47.5 Å². The molecule has 1 amide bonds. The topological polar surface area (TPSA) is 32.3 Å². The van der Waals surface area contributed by atoms with Gasteiger partial charge in [-0.05, 0) is 11.6 Å². The van der Waals surface area contributed by atoms with Crippen molar-refractivity contribution in [2.75, 3.05) is 20.1 Å². The van der Waals surface area contributed by atoms with Crippen molar-refractivity contribution in [3.8, 4) is 0 Å². The molecule has 1 aromatic rings. The SMILES string of the molecule is C=CCNCC(=O)N(C)Cc1ccccc1Cl. The summed E-state index contributed by atoms with van der Waals surface area (Å²) in [6, 6.07) is 7.53. The van der Waals surface area contributed by atoms with Crippen LogP contribution in [0, 0.1) is 0 Å².